The standard InChI is InChI=1S/C10H16N2O3S2/c1-16(13)7-6-12-17(14,15)10-5-3-2-4-9(10)8-11/h2-5,12H,6-8,11H2,1H3. The highest BCUT2D eigenvalue weighted by Gasteiger charge is 2.16. The molecule has 0 fully saturated rings. The van der Waals surface area contributed by atoms with Crippen LogP contribution >= 0.6 is 0 Å². The molecule has 0 heterocycles. The third-order valence-electron chi connectivity index (χ3n) is 2.16. The molecular formula is C10H16N2O3S2. The van der Waals surface area contributed by atoms with Crippen molar-refractivity contribution in [2.45, 2.75) is 11.4 Å². The zero-order chi connectivity index (χ0) is 12.9. The fraction of sp³-hybridized carbons (Fsp3) is 0.400. The van der Waals surface area contributed by atoms with Gasteiger partial charge in [-0.25, -0.2) is 13.1 Å². The molecule has 1 rings (SSSR count). The molecule has 0 aromatic heterocycles. The maximum Gasteiger partial charge on any atom is 0.240 e. The normalized spacial score (nSPS) is 13.5. The maximum absolute atomic E-state index is 11.9. The van der Waals surface area contributed by atoms with E-state index in [1.165, 1.54) is 12.3 Å². The Labute approximate surface area is 104 Å². The molecule has 1 atom stereocenters. The molecule has 0 aliphatic carbocycles. The lowest BCUT2D eigenvalue weighted by Gasteiger charge is -2.09. The van der Waals surface area contributed by atoms with E-state index in [2.05, 4.69) is 4.72 Å². The van der Waals surface area contributed by atoms with Crippen LogP contribution in [-0.4, -0.2) is 31.2 Å². The predicted molar refractivity (Wildman–Crippen MR) is 68.5 cm³/mol. The van der Waals surface area contributed by atoms with Crippen molar-refractivity contribution in [3.63, 3.8) is 0 Å². The summed E-state index contributed by atoms with van der Waals surface area (Å²) in [5, 5.41) is 0. The molecule has 1 aromatic carbocycles. The molecule has 7 heteroatoms. The van der Waals surface area contributed by atoms with Gasteiger partial charge in [0.05, 0.1) is 4.90 Å². The topological polar surface area (TPSA) is 89.3 Å². The van der Waals surface area contributed by atoms with Gasteiger partial charge in [0.2, 0.25) is 10.0 Å². The van der Waals surface area contributed by atoms with Crippen LogP contribution in [-0.2, 0) is 27.4 Å². The van der Waals surface area contributed by atoms with Crippen molar-refractivity contribution >= 4 is 20.8 Å². The average molecular weight is 276 g/mol. The van der Waals surface area contributed by atoms with Crippen molar-refractivity contribution in [2.24, 2.45) is 5.73 Å². The third-order valence-corrected chi connectivity index (χ3v) is 4.50. The van der Waals surface area contributed by atoms with Gasteiger partial charge in [-0.1, -0.05) is 18.2 Å². The molecule has 1 aromatic rings. The molecule has 5 nitrogen and oxygen atoms in total. The average Bonchev–Trinajstić information content (AvgIpc) is 2.28. The van der Waals surface area contributed by atoms with Crippen LogP contribution in [0.5, 0.6) is 0 Å². The molecule has 0 aliphatic rings. The number of sulfonamides is 1. The van der Waals surface area contributed by atoms with E-state index in [-0.39, 0.29) is 18.0 Å². The molecule has 0 radical (unpaired) electrons. The smallest absolute Gasteiger partial charge is 0.240 e. The predicted octanol–water partition coefficient (Wildman–Crippen LogP) is -0.198. The van der Waals surface area contributed by atoms with Crippen molar-refractivity contribution in [1.29, 1.82) is 0 Å². The van der Waals surface area contributed by atoms with E-state index in [0.29, 0.717) is 11.3 Å². The number of rotatable bonds is 6. The first-order chi connectivity index (χ1) is 7.97. The van der Waals surface area contributed by atoms with E-state index in [0.717, 1.165) is 0 Å². The van der Waals surface area contributed by atoms with Crippen LogP contribution in [0.4, 0.5) is 0 Å². The van der Waals surface area contributed by atoms with Crippen LogP contribution in [0.2, 0.25) is 0 Å². The molecule has 0 spiro atoms. The molecule has 3 N–H and O–H groups in total. The van der Waals surface area contributed by atoms with E-state index >= 15 is 0 Å². The largest absolute Gasteiger partial charge is 0.326 e. The minimum absolute atomic E-state index is 0.157. The Morgan fingerprint density at radius 2 is 2.00 bits per heavy atom. The zero-order valence-corrected chi connectivity index (χ0v) is 11.2. The second kappa shape index (κ2) is 6.25. The Morgan fingerprint density at radius 1 is 1.35 bits per heavy atom. The van der Waals surface area contributed by atoms with E-state index in [1.54, 1.807) is 18.2 Å². The molecule has 0 saturated carbocycles. The van der Waals surface area contributed by atoms with Crippen molar-refractivity contribution in [2.75, 3.05) is 18.6 Å². The fourth-order valence-electron chi connectivity index (χ4n) is 1.33. The van der Waals surface area contributed by atoms with Gasteiger partial charge in [0.15, 0.2) is 0 Å². The van der Waals surface area contributed by atoms with Gasteiger partial charge in [0.1, 0.15) is 0 Å². The van der Waals surface area contributed by atoms with Crippen LogP contribution in [0, 0.1) is 0 Å². The first-order valence-corrected chi connectivity index (χ1v) is 8.26. The van der Waals surface area contributed by atoms with Crippen LogP contribution in [0.15, 0.2) is 29.2 Å². The van der Waals surface area contributed by atoms with Gasteiger partial charge in [-0.3, -0.25) is 4.21 Å². The summed E-state index contributed by atoms with van der Waals surface area (Å²) in [5.74, 6) is 0.296. The lowest BCUT2D eigenvalue weighted by Crippen LogP contribution is -2.28. The SMILES string of the molecule is CS(=O)CCNS(=O)(=O)c1ccccc1CN. The third kappa shape index (κ3) is 4.19. The number of nitrogens with one attached hydrogen (secondary N) is 1. The molecule has 0 aliphatic heterocycles. The Kier molecular flexibility index (Phi) is 5.26. The quantitative estimate of drug-likeness (QED) is 0.753. The summed E-state index contributed by atoms with van der Waals surface area (Å²) in [6, 6.07) is 6.56. The van der Waals surface area contributed by atoms with Gasteiger partial charge in [0.25, 0.3) is 0 Å². The number of hydrogen-bond acceptors (Lipinski definition) is 4. The van der Waals surface area contributed by atoms with Crippen molar-refractivity contribution in [3.8, 4) is 0 Å². The molecule has 17 heavy (non-hydrogen) atoms. The van der Waals surface area contributed by atoms with Crippen molar-refractivity contribution < 1.29 is 12.6 Å². The lowest BCUT2D eigenvalue weighted by atomic mass is 10.2. The number of hydrogen-bond donors (Lipinski definition) is 2. The first kappa shape index (κ1) is 14.3. The Hall–Kier alpha value is -0.760. The maximum atomic E-state index is 11.9. The van der Waals surface area contributed by atoms with Crippen LogP contribution in [0.1, 0.15) is 5.56 Å². The van der Waals surface area contributed by atoms with Gasteiger partial charge in [-0.05, 0) is 11.6 Å². The first-order valence-electron chi connectivity index (χ1n) is 5.05. The second-order valence-electron chi connectivity index (χ2n) is 3.49. The van der Waals surface area contributed by atoms with Gasteiger partial charge in [-0.15, -0.1) is 0 Å². The summed E-state index contributed by atoms with van der Waals surface area (Å²) in [6.45, 7) is 0.321. The van der Waals surface area contributed by atoms with E-state index in [9.17, 15) is 12.6 Å². The summed E-state index contributed by atoms with van der Waals surface area (Å²) in [6.07, 6.45) is 1.53. The molecular weight excluding hydrogens is 260 g/mol. The van der Waals surface area contributed by atoms with E-state index < -0.39 is 20.8 Å². The summed E-state index contributed by atoms with van der Waals surface area (Å²) < 4.78 is 37.1. The molecule has 0 saturated heterocycles. The highest BCUT2D eigenvalue weighted by Crippen LogP contribution is 2.14. The summed E-state index contributed by atoms with van der Waals surface area (Å²) in [7, 11) is -4.58. The Balaban J connectivity index is 2.86. The van der Waals surface area contributed by atoms with E-state index in [1.807, 2.05) is 0 Å². The molecule has 1 unspecified atom stereocenters. The van der Waals surface area contributed by atoms with Crippen LogP contribution in [0.25, 0.3) is 0 Å². The number of nitrogens with two attached hydrogens (primary N) is 1. The van der Waals surface area contributed by atoms with Gasteiger partial charge in [0, 0.05) is 35.9 Å². The molecule has 0 amide bonds. The van der Waals surface area contributed by atoms with Crippen LogP contribution < -0.4 is 10.5 Å². The highest BCUT2D eigenvalue weighted by atomic mass is 32.2. The highest BCUT2D eigenvalue weighted by molar-refractivity contribution is 7.89. The van der Waals surface area contributed by atoms with Gasteiger partial charge < -0.3 is 5.73 Å². The zero-order valence-electron chi connectivity index (χ0n) is 9.55. The Morgan fingerprint density at radius 3 is 2.59 bits per heavy atom. The molecule has 96 valence electrons. The Bertz CT molecular complexity index is 500. The summed E-state index contributed by atoms with van der Waals surface area (Å²) >= 11 is 0. The summed E-state index contributed by atoms with van der Waals surface area (Å²) in [5.41, 5.74) is 6.05. The monoisotopic (exact) mass is 276 g/mol. The van der Waals surface area contributed by atoms with E-state index in [4.69, 9.17) is 5.73 Å². The second-order valence-corrected chi connectivity index (χ2v) is 6.78. The number of benzene rings is 1. The summed E-state index contributed by atoms with van der Waals surface area (Å²) in [4.78, 5) is 0.185. The van der Waals surface area contributed by atoms with Gasteiger partial charge >= 0.3 is 0 Å². The van der Waals surface area contributed by atoms with Crippen molar-refractivity contribution in [1.82, 2.24) is 4.72 Å². The van der Waals surface area contributed by atoms with Crippen molar-refractivity contribution in [3.05, 3.63) is 29.8 Å². The van der Waals surface area contributed by atoms with Crippen LogP contribution in [0.3, 0.4) is 0 Å². The lowest BCUT2D eigenvalue weighted by molar-refractivity contribution is 0.582. The minimum atomic E-state index is -3.56. The van der Waals surface area contributed by atoms with Gasteiger partial charge in [-0.2, -0.15) is 0 Å². The molecule has 0 bridgehead atoms. The fourth-order valence-corrected chi connectivity index (χ4v) is 3.13. The minimum Gasteiger partial charge on any atom is -0.326 e.